The van der Waals surface area contributed by atoms with Gasteiger partial charge < -0.3 is 19.8 Å². The molecule has 0 unspecified atom stereocenters. The zero-order valence-electron chi connectivity index (χ0n) is 22.7. The van der Waals surface area contributed by atoms with Crippen LogP contribution in [0.1, 0.15) is 34.3 Å². The monoisotopic (exact) mass is 541 g/mol. The van der Waals surface area contributed by atoms with Gasteiger partial charge in [-0.2, -0.15) is 0 Å². The second-order valence-electron chi connectivity index (χ2n) is 10.2. The number of methoxy groups -OCH3 is 1. The first-order valence-corrected chi connectivity index (χ1v) is 13.3. The molecule has 0 spiro atoms. The highest BCUT2D eigenvalue weighted by Gasteiger charge is 2.21. The van der Waals surface area contributed by atoms with Crippen molar-refractivity contribution >= 4 is 11.6 Å². The molecular formula is C32H32FN3O4. The van der Waals surface area contributed by atoms with E-state index < -0.39 is 11.6 Å². The van der Waals surface area contributed by atoms with Gasteiger partial charge in [0.25, 0.3) is 0 Å². The molecule has 2 aromatic heterocycles. The number of hydrogen-bond acceptors (Lipinski definition) is 6. The van der Waals surface area contributed by atoms with Crippen molar-refractivity contribution in [3.63, 3.8) is 0 Å². The summed E-state index contributed by atoms with van der Waals surface area (Å²) in [5, 5.41) is 0. The largest absolute Gasteiger partial charge is 0.496 e. The Hall–Kier alpha value is -4.30. The standard InChI is InChI=1S/C32H32FN3O4/c1-20-3-5-22(6-4-20)25-18-36(17-21-10-13-40-14-11-21)19-26(31(25)38)28(37)16-23-7-8-24(15-27(23)33)30-29(39-2)9-12-35-32(30)34/h3-9,12,15,18-19,21H,10-11,13-14,16-17H2,1-2H3,(H2,34,35). The topological polar surface area (TPSA) is 96.4 Å². The van der Waals surface area contributed by atoms with Gasteiger partial charge in [0, 0.05) is 50.3 Å². The van der Waals surface area contributed by atoms with Crippen LogP contribution in [-0.4, -0.2) is 35.7 Å². The van der Waals surface area contributed by atoms with Crippen molar-refractivity contribution in [3.05, 3.63) is 99.9 Å². The molecule has 0 bridgehead atoms. The summed E-state index contributed by atoms with van der Waals surface area (Å²) >= 11 is 0. The van der Waals surface area contributed by atoms with Gasteiger partial charge in [-0.05, 0) is 54.5 Å². The first-order chi connectivity index (χ1) is 19.3. The Morgan fingerprint density at radius 2 is 1.82 bits per heavy atom. The predicted octanol–water partition coefficient (Wildman–Crippen LogP) is 5.47. The van der Waals surface area contributed by atoms with E-state index in [0.29, 0.717) is 48.1 Å². The number of hydrogen-bond donors (Lipinski definition) is 1. The highest BCUT2D eigenvalue weighted by atomic mass is 19.1. The summed E-state index contributed by atoms with van der Waals surface area (Å²) < 4.78 is 28.1. The minimum Gasteiger partial charge on any atom is -0.496 e. The average Bonchev–Trinajstić information content (AvgIpc) is 2.96. The van der Waals surface area contributed by atoms with Crippen molar-refractivity contribution < 1.29 is 18.7 Å². The predicted molar refractivity (Wildman–Crippen MR) is 153 cm³/mol. The molecule has 7 nitrogen and oxygen atoms in total. The number of Topliss-reactive ketones (excluding diaryl/α,β-unsaturated/α-hetero) is 1. The smallest absolute Gasteiger partial charge is 0.200 e. The third-order valence-electron chi connectivity index (χ3n) is 7.41. The Labute approximate surface area is 232 Å². The van der Waals surface area contributed by atoms with Gasteiger partial charge in [0.15, 0.2) is 11.2 Å². The van der Waals surface area contributed by atoms with E-state index in [0.717, 1.165) is 24.0 Å². The third-order valence-corrected chi connectivity index (χ3v) is 7.41. The summed E-state index contributed by atoms with van der Waals surface area (Å²) in [6, 6.07) is 13.8. The van der Waals surface area contributed by atoms with Gasteiger partial charge in [-0.3, -0.25) is 9.59 Å². The minimum absolute atomic E-state index is 0.0479. The highest BCUT2D eigenvalue weighted by Crippen LogP contribution is 2.34. The first kappa shape index (κ1) is 27.3. The Balaban J connectivity index is 1.48. The fourth-order valence-corrected chi connectivity index (χ4v) is 5.14. The van der Waals surface area contributed by atoms with Gasteiger partial charge in [-0.15, -0.1) is 0 Å². The van der Waals surface area contributed by atoms with Crippen molar-refractivity contribution in [1.29, 1.82) is 0 Å². The molecular weight excluding hydrogens is 509 g/mol. The Bertz CT molecular complexity index is 1590. The summed E-state index contributed by atoms with van der Waals surface area (Å²) in [7, 11) is 1.50. The van der Waals surface area contributed by atoms with Crippen LogP contribution in [0.5, 0.6) is 5.75 Å². The summed E-state index contributed by atoms with van der Waals surface area (Å²) in [6.07, 6.45) is 6.53. The van der Waals surface area contributed by atoms with Gasteiger partial charge in [-0.1, -0.05) is 42.0 Å². The molecule has 4 aromatic rings. The number of nitrogens with zero attached hydrogens (tertiary/aromatic N) is 2. The lowest BCUT2D eigenvalue weighted by molar-refractivity contribution is 0.0612. The molecule has 3 heterocycles. The molecule has 1 aliphatic rings. The van der Waals surface area contributed by atoms with Crippen LogP contribution in [0.25, 0.3) is 22.3 Å². The van der Waals surface area contributed by atoms with Crippen LogP contribution < -0.4 is 15.9 Å². The molecule has 2 aromatic carbocycles. The van der Waals surface area contributed by atoms with Crippen LogP contribution >= 0.6 is 0 Å². The summed E-state index contributed by atoms with van der Waals surface area (Å²) in [6.45, 7) is 4.05. The van der Waals surface area contributed by atoms with E-state index in [4.69, 9.17) is 15.2 Å². The molecule has 8 heteroatoms. The number of ether oxygens (including phenoxy) is 2. The number of carbonyl (C=O) groups excluding carboxylic acids is 1. The van der Waals surface area contributed by atoms with E-state index in [2.05, 4.69) is 4.98 Å². The maximum Gasteiger partial charge on any atom is 0.200 e. The molecule has 0 atom stereocenters. The molecule has 0 radical (unpaired) electrons. The first-order valence-electron chi connectivity index (χ1n) is 13.3. The summed E-state index contributed by atoms with van der Waals surface area (Å²) in [4.78, 5) is 31.2. The van der Waals surface area contributed by atoms with Crippen LogP contribution in [0.3, 0.4) is 0 Å². The summed E-state index contributed by atoms with van der Waals surface area (Å²) in [5.74, 6) is 0.0412. The molecule has 40 heavy (non-hydrogen) atoms. The van der Waals surface area contributed by atoms with Gasteiger partial charge >= 0.3 is 0 Å². The van der Waals surface area contributed by atoms with E-state index in [9.17, 15) is 9.59 Å². The van der Waals surface area contributed by atoms with Crippen molar-refractivity contribution in [2.24, 2.45) is 5.92 Å². The van der Waals surface area contributed by atoms with Gasteiger partial charge in [-0.25, -0.2) is 9.37 Å². The van der Waals surface area contributed by atoms with Crippen LogP contribution in [0, 0.1) is 18.7 Å². The maximum atomic E-state index is 15.3. The molecule has 5 rings (SSSR count). The van der Waals surface area contributed by atoms with Crippen LogP contribution in [0.2, 0.25) is 0 Å². The van der Waals surface area contributed by atoms with Crippen molar-refractivity contribution in [2.45, 2.75) is 32.7 Å². The van der Waals surface area contributed by atoms with E-state index >= 15 is 4.39 Å². The normalized spacial score (nSPS) is 13.8. The van der Waals surface area contributed by atoms with E-state index in [-0.39, 0.29) is 28.8 Å². The van der Waals surface area contributed by atoms with Gasteiger partial charge in [0.1, 0.15) is 17.4 Å². The molecule has 0 amide bonds. The van der Waals surface area contributed by atoms with Crippen molar-refractivity contribution in [2.75, 3.05) is 26.1 Å². The second kappa shape index (κ2) is 11.8. The number of aromatic nitrogens is 2. The Morgan fingerprint density at radius 1 is 1.10 bits per heavy atom. The lowest BCUT2D eigenvalue weighted by Gasteiger charge is -2.23. The lowest BCUT2D eigenvalue weighted by Crippen LogP contribution is -2.25. The number of halogens is 1. The van der Waals surface area contributed by atoms with Gasteiger partial charge in [0.2, 0.25) is 0 Å². The number of ketones is 1. The zero-order valence-corrected chi connectivity index (χ0v) is 22.7. The van der Waals surface area contributed by atoms with Crippen molar-refractivity contribution in [1.82, 2.24) is 9.55 Å². The second-order valence-corrected chi connectivity index (χ2v) is 10.2. The Morgan fingerprint density at radius 3 is 2.52 bits per heavy atom. The lowest BCUT2D eigenvalue weighted by atomic mass is 9.96. The third kappa shape index (κ3) is 5.82. The molecule has 1 saturated heterocycles. The van der Waals surface area contributed by atoms with E-state index in [1.165, 1.54) is 19.4 Å². The van der Waals surface area contributed by atoms with E-state index in [1.807, 2.05) is 42.0 Å². The number of anilines is 1. The van der Waals surface area contributed by atoms with Crippen LogP contribution in [0.15, 0.2) is 71.9 Å². The highest BCUT2D eigenvalue weighted by molar-refractivity contribution is 5.98. The number of nitrogen functional groups attached to an aromatic ring is 1. The number of nitrogens with two attached hydrogens (primary N) is 1. The van der Waals surface area contributed by atoms with Crippen molar-refractivity contribution in [3.8, 4) is 28.0 Å². The fourth-order valence-electron chi connectivity index (χ4n) is 5.14. The number of aryl methyl sites for hydroxylation is 1. The molecule has 1 fully saturated rings. The molecule has 0 aliphatic carbocycles. The van der Waals surface area contributed by atoms with Gasteiger partial charge in [0.05, 0.1) is 18.2 Å². The number of pyridine rings is 2. The summed E-state index contributed by atoms with van der Waals surface area (Å²) in [5.41, 5.74) is 9.13. The molecule has 2 N–H and O–H groups in total. The SMILES string of the molecule is COc1ccnc(N)c1-c1ccc(CC(=O)c2cn(CC3CCOCC3)cc(-c3ccc(C)cc3)c2=O)c(F)c1. The fraction of sp³-hybridized carbons (Fsp3) is 0.281. The number of carbonyl (C=O) groups is 1. The zero-order chi connectivity index (χ0) is 28.2. The number of rotatable bonds is 8. The minimum atomic E-state index is -0.576. The molecule has 206 valence electrons. The average molecular weight is 542 g/mol. The molecule has 1 aliphatic heterocycles. The quantitative estimate of drug-likeness (QED) is 0.297. The van der Waals surface area contributed by atoms with Crippen LogP contribution in [-0.2, 0) is 17.7 Å². The number of benzene rings is 2. The van der Waals surface area contributed by atoms with Crippen LogP contribution in [0.4, 0.5) is 10.2 Å². The molecule has 0 saturated carbocycles. The Kier molecular flexibility index (Phi) is 8.07. The van der Waals surface area contributed by atoms with E-state index in [1.54, 1.807) is 24.4 Å². The maximum absolute atomic E-state index is 15.3.